The van der Waals surface area contributed by atoms with Crippen molar-refractivity contribution in [3.63, 3.8) is 0 Å². The smallest absolute Gasteiger partial charge is 0.255 e. The summed E-state index contributed by atoms with van der Waals surface area (Å²) in [5.41, 5.74) is 3.21. The topological polar surface area (TPSA) is 84.2 Å². The summed E-state index contributed by atoms with van der Waals surface area (Å²) in [5.74, 6) is 1.07. The van der Waals surface area contributed by atoms with Crippen molar-refractivity contribution in [1.82, 2.24) is 15.1 Å². The van der Waals surface area contributed by atoms with E-state index < -0.39 is 6.04 Å². The van der Waals surface area contributed by atoms with E-state index in [-0.39, 0.29) is 18.4 Å². The lowest BCUT2D eigenvalue weighted by atomic mass is 10.0. The van der Waals surface area contributed by atoms with Gasteiger partial charge in [-0.25, -0.2) is 0 Å². The molecule has 8 nitrogen and oxygen atoms in total. The average molecular weight is 437 g/mol. The fourth-order valence-electron chi connectivity index (χ4n) is 4.52. The lowest BCUT2D eigenvalue weighted by Crippen LogP contribution is -2.49. The van der Waals surface area contributed by atoms with Gasteiger partial charge in [0.15, 0.2) is 0 Å². The number of benzene rings is 1. The largest absolute Gasteiger partial charge is 0.485 e. The van der Waals surface area contributed by atoms with Crippen LogP contribution >= 0.6 is 0 Å². The van der Waals surface area contributed by atoms with Crippen LogP contribution in [0, 0.1) is 0 Å². The summed E-state index contributed by atoms with van der Waals surface area (Å²) < 4.78 is 17.1. The lowest BCUT2D eigenvalue weighted by Gasteiger charge is -2.31. The van der Waals surface area contributed by atoms with Crippen molar-refractivity contribution in [1.29, 1.82) is 0 Å². The van der Waals surface area contributed by atoms with Crippen LogP contribution in [0.5, 0.6) is 5.75 Å². The van der Waals surface area contributed by atoms with Crippen molar-refractivity contribution in [3.8, 4) is 5.75 Å². The normalized spacial score (nSPS) is 21.6. The van der Waals surface area contributed by atoms with Gasteiger partial charge in [0.2, 0.25) is 5.91 Å². The Hall–Kier alpha value is -3.10. The second kappa shape index (κ2) is 8.80. The van der Waals surface area contributed by atoms with Crippen LogP contribution < -0.4 is 10.1 Å². The van der Waals surface area contributed by atoms with Gasteiger partial charge >= 0.3 is 0 Å². The average Bonchev–Trinajstić information content (AvgIpc) is 3.38. The standard InChI is InChI=1S/C24H27N3O5/c1-16-5-6-21(23(28)25-16)27-13-20-19(24(27)29)3-2-4-22(20)32-15-18-11-17(14-31-18)12-26-7-9-30-10-8-26/h2-4,11,14,21H,1,5-10,12-13,15H2,(H,25,28). The Bertz CT molecular complexity index is 1040. The second-order valence-electron chi connectivity index (χ2n) is 8.46. The Morgan fingerprint density at radius 1 is 1.22 bits per heavy atom. The molecule has 3 aliphatic heterocycles. The van der Waals surface area contributed by atoms with E-state index in [9.17, 15) is 9.59 Å². The van der Waals surface area contributed by atoms with Crippen LogP contribution in [0.25, 0.3) is 0 Å². The van der Waals surface area contributed by atoms with Crippen LogP contribution in [0.4, 0.5) is 0 Å². The summed E-state index contributed by atoms with van der Waals surface area (Å²) in [6.07, 6.45) is 3.02. The Morgan fingerprint density at radius 2 is 2.06 bits per heavy atom. The maximum absolute atomic E-state index is 13.0. The van der Waals surface area contributed by atoms with Crippen molar-refractivity contribution in [2.24, 2.45) is 0 Å². The SMILES string of the molecule is C=C1CCC(N2Cc3c(OCc4cc(CN5CCOCC5)co4)cccc3C2=O)C(=O)N1. The molecule has 1 atom stereocenters. The van der Waals surface area contributed by atoms with Crippen molar-refractivity contribution < 1.29 is 23.5 Å². The molecule has 0 radical (unpaired) electrons. The van der Waals surface area contributed by atoms with Gasteiger partial charge in [-0.3, -0.25) is 14.5 Å². The predicted octanol–water partition coefficient (Wildman–Crippen LogP) is 2.44. The molecule has 3 aliphatic rings. The highest BCUT2D eigenvalue weighted by Crippen LogP contribution is 2.34. The Morgan fingerprint density at radius 3 is 2.88 bits per heavy atom. The molecule has 8 heteroatoms. The third-order valence-electron chi connectivity index (χ3n) is 6.24. The first-order chi connectivity index (χ1) is 15.6. The first kappa shape index (κ1) is 20.8. The Labute approximate surface area is 186 Å². The third kappa shape index (κ3) is 4.16. The molecule has 168 valence electrons. The number of carbonyl (C=O) groups excluding carboxylic acids is 2. The number of ether oxygens (including phenoxy) is 2. The number of hydrogen-bond acceptors (Lipinski definition) is 6. The molecule has 0 spiro atoms. The maximum Gasteiger partial charge on any atom is 0.255 e. The predicted molar refractivity (Wildman–Crippen MR) is 116 cm³/mol. The van der Waals surface area contributed by atoms with Gasteiger partial charge in [-0.1, -0.05) is 12.6 Å². The monoisotopic (exact) mass is 437 g/mol. The maximum atomic E-state index is 13.0. The van der Waals surface area contributed by atoms with Crippen LogP contribution in [0.15, 0.2) is 47.2 Å². The fraction of sp³-hybridized carbons (Fsp3) is 0.417. The van der Waals surface area contributed by atoms with E-state index in [4.69, 9.17) is 13.9 Å². The van der Waals surface area contributed by atoms with Crippen LogP contribution in [0.2, 0.25) is 0 Å². The number of morpholine rings is 1. The van der Waals surface area contributed by atoms with Crippen molar-refractivity contribution in [2.75, 3.05) is 26.3 Å². The number of carbonyl (C=O) groups is 2. The number of nitrogens with zero attached hydrogens (tertiary/aromatic N) is 2. The molecule has 5 rings (SSSR count). The van der Waals surface area contributed by atoms with Crippen molar-refractivity contribution in [2.45, 2.75) is 38.6 Å². The van der Waals surface area contributed by atoms with Crippen molar-refractivity contribution in [3.05, 3.63) is 65.3 Å². The van der Waals surface area contributed by atoms with Crippen LogP contribution in [0.1, 0.15) is 40.1 Å². The van der Waals surface area contributed by atoms with Gasteiger partial charge in [0, 0.05) is 42.0 Å². The minimum Gasteiger partial charge on any atom is -0.485 e. The zero-order chi connectivity index (χ0) is 22.1. The summed E-state index contributed by atoms with van der Waals surface area (Å²) in [6, 6.07) is 6.98. The van der Waals surface area contributed by atoms with Crippen LogP contribution in [-0.4, -0.2) is 54.0 Å². The second-order valence-corrected chi connectivity index (χ2v) is 8.46. The highest BCUT2D eigenvalue weighted by Gasteiger charge is 2.39. The molecule has 0 aliphatic carbocycles. The summed E-state index contributed by atoms with van der Waals surface area (Å²) in [6.45, 7) is 8.64. The van der Waals surface area contributed by atoms with E-state index in [1.807, 2.05) is 18.2 Å². The third-order valence-corrected chi connectivity index (χ3v) is 6.24. The van der Waals surface area contributed by atoms with E-state index >= 15 is 0 Å². The quantitative estimate of drug-likeness (QED) is 0.747. The van der Waals surface area contributed by atoms with Gasteiger partial charge in [-0.2, -0.15) is 0 Å². The van der Waals surface area contributed by atoms with E-state index in [0.717, 1.165) is 49.7 Å². The summed E-state index contributed by atoms with van der Waals surface area (Å²) >= 11 is 0. The molecular weight excluding hydrogens is 410 g/mol. The number of fused-ring (bicyclic) bond motifs is 1. The lowest BCUT2D eigenvalue weighted by molar-refractivity contribution is -0.126. The Balaban J connectivity index is 1.24. The molecular formula is C24H27N3O5. The number of piperidine rings is 1. The molecule has 1 aromatic heterocycles. The van der Waals surface area contributed by atoms with Gasteiger partial charge in [-0.05, 0) is 31.0 Å². The minimum atomic E-state index is -0.485. The molecule has 32 heavy (non-hydrogen) atoms. The van der Waals surface area contributed by atoms with Crippen molar-refractivity contribution >= 4 is 11.8 Å². The number of hydrogen-bond donors (Lipinski definition) is 1. The van der Waals surface area contributed by atoms with Gasteiger partial charge in [0.25, 0.3) is 5.91 Å². The van der Waals surface area contributed by atoms with E-state index in [0.29, 0.717) is 36.4 Å². The molecule has 2 aromatic rings. The number of nitrogens with one attached hydrogen (secondary N) is 1. The van der Waals surface area contributed by atoms with Gasteiger partial charge in [0.05, 0.1) is 26.0 Å². The molecule has 1 N–H and O–H groups in total. The molecule has 0 saturated carbocycles. The van der Waals surface area contributed by atoms with Gasteiger partial charge in [0.1, 0.15) is 24.2 Å². The first-order valence-electron chi connectivity index (χ1n) is 11.0. The number of furan rings is 1. The number of rotatable bonds is 6. The molecule has 2 fully saturated rings. The van der Waals surface area contributed by atoms with Gasteiger partial charge in [-0.15, -0.1) is 0 Å². The first-order valence-corrected chi connectivity index (χ1v) is 11.0. The molecule has 1 unspecified atom stereocenters. The van der Waals surface area contributed by atoms with E-state index in [1.165, 1.54) is 0 Å². The molecule has 1 aromatic carbocycles. The molecule has 2 saturated heterocycles. The molecule has 4 heterocycles. The highest BCUT2D eigenvalue weighted by molar-refractivity contribution is 6.02. The molecule has 2 amide bonds. The number of amides is 2. The van der Waals surface area contributed by atoms with E-state index in [2.05, 4.69) is 16.8 Å². The van der Waals surface area contributed by atoms with Crippen LogP contribution in [-0.2, 0) is 29.2 Å². The van der Waals surface area contributed by atoms with E-state index in [1.54, 1.807) is 17.2 Å². The summed E-state index contributed by atoms with van der Waals surface area (Å²) in [5, 5.41) is 2.76. The van der Waals surface area contributed by atoms with Crippen LogP contribution in [0.3, 0.4) is 0 Å². The zero-order valence-corrected chi connectivity index (χ0v) is 18.0. The summed E-state index contributed by atoms with van der Waals surface area (Å²) in [4.78, 5) is 29.4. The highest BCUT2D eigenvalue weighted by atomic mass is 16.5. The number of allylic oxidation sites excluding steroid dienone is 1. The minimum absolute atomic E-state index is 0.135. The zero-order valence-electron chi connectivity index (χ0n) is 18.0. The van der Waals surface area contributed by atoms with Gasteiger partial charge < -0.3 is 24.1 Å². The fourth-order valence-corrected chi connectivity index (χ4v) is 4.52. The Kier molecular flexibility index (Phi) is 5.71. The summed E-state index contributed by atoms with van der Waals surface area (Å²) in [7, 11) is 0. The molecule has 0 bridgehead atoms.